The van der Waals surface area contributed by atoms with Gasteiger partial charge in [-0.3, -0.25) is 4.79 Å². The van der Waals surface area contributed by atoms with Crippen LogP contribution in [0.5, 0.6) is 5.75 Å². The second-order valence-corrected chi connectivity index (χ2v) is 8.16. The number of H-pyrrole nitrogens is 1. The lowest BCUT2D eigenvalue weighted by Gasteiger charge is -2.20. The molecule has 2 aromatic heterocycles. The molecule has 0 radical (unpaired) electrons. The van der Waals surface area contributed by atoms with E-state index in [0.717, 1.165) is 5.52 Å². The molecule has 2 heterocycles. The Morgan fingerprint density at radius 2 is 1.90 bits per heavy atom. The molecule has 4 rings (SSSR count). The van der Waals surface area contributed by atoms with Gasteiger partial charge in [-0.05, 0) is 42.1 Å². The molecule has 0 bridgehead atoms. The highest BCUT2D eigenvalue weighted by atomic mass is 32.1. The molecule has 2 atom stereocenters. The van der Waals surface area contributed by atoms with Crippen molar-refractivity contribution >= 4 is 33.8 Å². The Morgan fingerprint density at radius 1 is 1.10 bits per heavy atom. The quantitative estimate of drug-likeness (QED) is 0.377. The first-order valence-electron chi connectivity index (χ1n) is 9.94. The van der Waals surface area contributed by atoms with Crippen LogP contribution < -0.4 is 15.4 Å². The van der Waals surface area contributed by atoms with E-state index in [4.69, 9.17) is 4.74 Å². The molecule has 2 aromatic carbocycles. The van der Waals surface area contributed by atoms with E-state index >= 15 is 0 Å². The van der Waals surface area contributed by atoms with Gasteiger partial charge in [0.15, 0.2) is 0 Å². The normalized spacial score (nSPS) is 13.1. The van der Waals surface area contributed by atoms with Gasteiger partial charge in [-0.25, -0.2) is 0 Å². The average molecular weight is 420 g/mol. The minimum Gasteiger partial charge on any atom is -0.495 e. The maximum absolute atomic E-state index is 12.7. The number of rotatable bonds is 8. The fourth-order valence-corrected chi connectivity index (χ4v) is 4.46. The Kier molecular flexibility index (Phi) is 6.16. The van der Waals surface area contributed by atoms with Gasteiger partial charge in [-0.15, -0.1) is 11.3 Å². The Hall–Kier alpha value is -3.09. The summed E-state index contributed by atoms with van der Waals surface area (Å²) in [7, 11) is 1.60. The van der Waals surface area contributed by atoms with Crippen LogP contribution in [0.4, 0.5) is 5.69 Å². The van der Waals surface area contributed by atoms with Crippen molar-refractivity contribution in [2.24, 2.45) is 0 Å². The third-order valence-corrected chi connectivity index (χ3v) is 6.26. The van der Waals surface area contributed by atoms with Crippen molar-refractivity contribution in [2.75, 3.05) is 19.0 Å². The summed E-state index contributed by atoms with van der Waals surface area (Å²) in [5.74, 6) is 0.708. The van der Waals surface area contributed by atoms with Crippen molar-refractivity contribution in [1.82, 2.24) is 10.3 Å². The van der Waals surface area contributed by atoms with E-state index in [1.807, 2.05) is 37.3 Å². The van der Waals surface area contributed by atoms with E-state index in [9.17, 15) is 4.79 Å². The lowest BCUT2D eigenvalue weighted by molar-refractivity contribution is -0.117. The predicted octanol–water partition coefficient (Wildman–Crippen LogP) is 4.99. The van der Waals surface area contributed by atoms with Gasteiger partial charge in [0.05, 0.1) is 18.8 Å². The molecular weight excluding hydrogens is 394 g/mol. The van der Waals surface area contributed by atoms with Gasteiger partial charge in [0.25, 0.3) is 0 Å². The molecule has 0 spiro atoms. The Labute approximate surface area is 180 Å². The minimum absolute atomic E-state index is 0.0941. The van der Waals surface area contributed by atoms with Crippen LogP contribution in [0.2, 0.25) is 0 Å². The molecule has 0 saturated carbocycles. The number of hydrogen-bond acceptors (Lipinski definition) is 4. The van der Waals surface area contributed by atoms with Gasteiger partial charge >= 0.3 is 0 Å². The number of benzene rings is 2. The Balaban J connectivity index is 1.49. The Morgan fingerprint density at radius 3 is 2.70 bits per heavy atom. The molecule has 0 saturated heterocycles. The number of methoxy groups -OCH3 is 1. The lowest BCUT2D eigenvalue weighted by Crippen LogP contribution is -2.40. The van der Waals surface area contributed by atoms with E-state index < -0.39 is 0 Å². The second kappa shape index (κ2) is 9.15. The summed E-state index contributed by atoms with van der Waals surface area (Å²) in [6.07, 6.45) is 2.08. The number of para-hydroxylation sites is 3. The zero-order chi connectivity index (χ0) is 20.9. The van der Waals surface area contributed by atoms with Crippen molar-refractivity contribution in [2.45, 2.75) is 18.9 Å². The highest BCUT2D eigenvalue weighted by molar-refractivity contribution is 7.10. The van der Waals surface area contributed by atoms with Crippen LogP contribution in [-0.4, -0.2) is 30.6 Å². The summed E-state index contributed by atoms with van der Waals surface area (Å²) in [6.45, 7) is 2.54. The highest BCUT2D eigenvalue weighted by Crippen LogP contribution is 2.33. The summed E-state index contributed by atoms with van der Waals surface area (Å²) in [6, 6.07) is 19.6. The van der Waals surface area contributed by atoms with Crippen molar-refractivity contribution in [3.8, 4) is 5.75 Å². The van der Waals surface area contributed by atoms with E-state index in [0.29, 0.717) is 18.0 Å². The molecular formula is C24H25N3O2S. The number of anilines is 1. The number of thiophene rings is 1. The van der Waals surface area contributed by atoms with Gasteiger partial charge < -0.3 is 20.4 Å². The smallest absolute Gasteiger partial charge is 0.241 e. The van der Waals surface area contributed by atoms with Gasteiger partial charge in [0.2, 0.25) is 5.91 Å². The summed E-state index contributed by atoms with van der Waals surface area (Å²) in [5, 5.41) is 9.68. The number of amides is 1. The van der Waals surface area contributed by atoms with Crippen LogP contribution >= 0.6 is 11.3 Å². The minimum atomic E-state index is -0.359. The van der Waals surface area contributed by atoms with Crippen LogP contribution in [0.15, 0.2) is 72.2 Å². The predicted molar refractivity (Wildman–Crippen MR) is 124 cm³/mol. The van der Waals surface area contributed by atoms with Crippen LogP contribution in [-0.2, 0) is 4.79 Å². The van der Waals surface area contributed by atoms with E-state index in [2.05, 4.69) is 57.5 Å². The zero-order valence-electron chi connectivity index (χ0n) is 17.0. The maximum Gasteiger partial charge on any atom is 0.241 e. The molecule has 0 aliphatic heterocycles. The summed E-state index contributed by atoms with van der Waals surface area (Å²) in [5.41, 5.74) is 3.03. The first-order chi connectivity index (χ1) is 14.7. The van der Waals surface area contributed by atoms with Crippen molar-refractivity contribution in [3.63, 3.8) is 0 Å². The van der Waals surface area contributed by atoms with Crippen LogP contribution in [0.3, 0.4) is 0 Å². The van der Waals surface area contributed by atoms with Gasteiger partial charge in [0, 0.05) is 34.4 Å². The van der Waals surface area contributed by atoms with Crippen LogP contribution in [0.25, 0.3) is 10.9 Å². The first-order valence-corrected chi connectivity index (χ1v) is 10.8. The molecule has 0 unspecified atom stereocenters. The first kappa shape index (κ1) is 20.2. The van der Waals surface area contributed by atoms with Crippen molar-refractivity contribution in [3.05, 3.63) is 82.7 Å². The highest BCUT2D eigenvalue weighted by Gasteiger charge is 2.22. The molecule has 0 fully saturated rings. The average Bonchev–Trinajstić information content (AvgIpc) is 3.45. The molecule has 0 aliphatic rings. The van der Waals surface area contributed by atoms with Crippen molar-refractivity contribution in [1.29, 1.82) is 0 Å². The van der Waals surface area contributed by atoms with E-state index in [1.165, 1.54) is 15.8 Å². The molecule has 30 heavy (non-hydrogen) atoms. The standard InChI is InChI=1S/C24H25N3O2S/c1-16(24(28)27-21-10-5-6-11-22(21)29-2)25-15-19(23-12-7-13-30-23)18-14-26-20-9-4-3-8-17(18)20/h3-14,16,19,25-26H,15H2,1-2H3,(H,27,28)/t16-,19-/m0/s1. The summed E-state index contributed by atoms with van der Waals surface area (Å²) >= 11 is 1.73. The van der Waals surface area contributed by atoms with E-state index in [-0.39, 0.29) is 17.9 Å². The van der Waals surface area contributed by atoms with Gasteiger partial charge in [-0.2, -0.15) is 0 Å². The molecule has 6 heteroatoms. The molecule has 4 aromatic rings. The van der Waals surface area contributed by atoms with Crippen LogP contribution in [0, 0.1) is 0 Å². The third kappa shape index (κ3) is 4.25. The molecule has 3 N–H and O–H groups in total. The van der Waals surface area contributed by atoms with Gasteiger partial charge in [-0.1, -0.05) is 36.4 Å². The number of ether oxygens (including phenoxy) is 1. The maximum atomic E-state index is 12.7. The van der Waals surface area contributed by atoms with Crippen LogP contribution in [0.1, 0.15) is 23.3 Å². The summed E-state index contributed by atoms with van der Waals surface area (Å²) in [4.78, 5) is 17.4. The molecule has 5 nitrogen and oxygen atoms in total. The van der Waals surface area contributed by atoms with Gasteiger partial charge in [0.1, 0.15) is 5.75 Å². The molecule has 0 aliphatic carbocycles. The lowest BCUT2D eigenvalue weighted by atomic mass is 9.96. The number of hydrogen-bond donors (Lipinski definition) is 3. The van der Waals surface area contributed by atoms with E-state index in [1.54, 1.807) is 18.4 Å². The monoisotopic (exact) mass is 419 g/mol. The largest absolute Gasteiger partial charge is 0.495 e. The zero-order valence-corrected chi connectivity index (χ0v) is 17.8. The Bertz CT molecular complexity index is 1120. The number of aromatic nitrogens is 1. The number of carbonyl (C=O) groups excluding carboxylic acids is 1. The SMILES string of the molecule is COc1ccccc1NC(=O)[C@H](C)NC[C@H](c1cccs1)c1c[nH]c2ccccc12. The fourth-order valence-electron chi connectivity index (χ4n) is 3.61. The second-order valence-electron chi connectivity index (χ2n) is 7.18. The topological polar surface area (TPSA) is 66.2 Å². The number of nitrogens with one attached hydrogen (secondary N) is 3. The van der Waals surface area contributed by atoms with Crippen molar-refractivity contribution < 1.29 is 9.53 Å². The number of fused-ring (bicyclic) bond motifs is 1. The summed E-state index contributed by atoms with van der Waals surface area (Å²) < 4.78 is 5.33. The third-order valence-electron chi connectivity index (χ3n) is 5.27. The number of carbonyl (C=O) groups is 1. The molecule has 154 valence electrons. The molecule has 1 amide bonds. The number of aromatic amines is 1. The fraction of sp³-hybridized carbons (Fsp3) is 0.208.